The van der Waals surface area contributed by atoms with Crippen molar-refractivity contribution in [3.8, 4) is 0 Å². The van der Waals surface area contributed by atoms with E-state index in [1.807, 2.05) is 0 Å². The van der Waals surface area contributed by atoms with Crippen LogP contribution in [0.25, 0.3) is 0 Å². The van der Waals surface area contributed by atoms with Gasteiger partial charge >= 0.3 is 0 Å². The first-order valence-corrected chi connectivity index (χ1v) is 7.23. The Morgan fingerprint density at radius 1 is 0.600 bits per heavy atom. The minimum Gasteiger partial charge on any atom is -0.0917 e. The maximum Gasteiger partial charge on any atom is 0.110 e. The molecular formula is C14H28B. The molecule has 1 rings (SSSR count). The van der Waals surface area contributed by atoms with E-state index in [0.717, 1.165) is 5.82 Å². The molecule has 1 radical (unpaired) electrons. The number of hydrogen-bond donors (Lipinski definition) is 0. The molecule has 0 aromatic carbocycles. The van der Waals surface area contributed by atoms with Crippen LogP contribution >= 0.6 is 0 Å². The van der Waals surface area contributed by atoms with Crippen molar-refractivity contribution in [1.29, 1.82) is 0 Å². The molecule has 0 heterocycles. The SMILES string of the molecule is C[B]C1CCCCCCCCCCCC1. The van der Waals surface area contributed by atoms with Crippen LogP contribution in [0.2, 0.25) is 12.6 Å². The lowest BCUT2D eigenvalue weighted by atomic mass is 9.63. The third kappa shape index (κ3) is 7.03. The van der Waals surface area contributed by atoms with Gasteiger partial charge in [-0.2, -0.15) is 0 Å². The first kappa shape index (κ1) is 13.1. The van der Waals surface area contributed by atoms with Crippen LogP contribution in [-0.2, 0) is 0 Å². The lowest BCUT2D eigenvalue weighted by molar-refractivity contribution is 0.559. The highest BCUT2D eigenvalue weighted by Gasteiger charge is 2.07. The summed E-state index contributed by atoms with van der Waals surface area (Å²) in [7, 11) is 2.44. The zero-order valence-corrected chi connectivity index (χ0v) is 10.6. The van der Waals surface area contributed by atoms with Crippen LogP contribution < -0.4 is 0 Å². The third-order valence-corrected chi connectivity index (χ3v) is 3.87. The van der Waals surface area contributed by atoms with Gasteiger partial charge in [0.2, 0.25) is 0 Å². The maximum atomic E-state index is 2.44. The van der Waals surface area contributed by atoms with Crippen molar-refractivity contribution in [3.63, 3.8) is 0 Å². The van der Waals surface area contributed by atoms with Crippen molar-refractivity contribution < 1.29 is 0 Å². The third-order valence-electron chi connectivity index (χ3n) is 3.87. The van der Waals surface area contributed by atoms with Gasteiger partial charge in [-0.1, -0.05) is 89.7 Å². The fraction of sp³-hybridized carbons (Fsp3) is 1.00. The average molecular weight is 207 g/mol. The molecule has 0 amide bonds. The fourth-order valence-corrected chi connectivity index (χ4v) is 2.70. The Balaban J connectivity index is 2.17. The summed E-state index contributed by atoms with van der Waals surface area (Å²) in [4.78, 5) is 0. The molecule has 1 fully saturated rings. The predicted molar refractivity (Wildman–Crippen MR) is 70.8 cm³/mol. The van der Waals surface area contributed by atoms with Gasteiger partial charge in [-0.15, -0.1) is 0 Å². The predicted octanol–water partition coefficient (Wildman–Crippen LogP) is 5.22. The average Bonchev–Trinajstić information content (AvgIpc) is 2.29. The van der Waals surface area contributed by atoms with Crippen LogP contribution in [0.4, 0.5) is 0 Å². The summed E-state index contributed by atoms with van der Waals surface area (Å²) in [5.74, 6) is 0.922. The van der Waals surface area contributed by atoms with Crippen molar-refractivity contribution in [2.75, 3.05) is 0 Å². The van der Waals surface area contributed by atoms with E-state index in [2.05, 4.69) is 14.1 Å². The summed E-state index contributed by atoms with van der Waals surface area (Å²) in [6.07, 6.45) is 17.7. The van der Waals surface area contributed by atoms with E-state index in [9.17, 15) is 0 Å². The lowest BCUT2D eigenvalue weighted by Gasteiger charge is -2.13. The molecule has 0 aromatic heterocycles. The molecular weight excluding hydrogens is 179 g/mol. The largest absolute Gasteiger partial charge is 0.110 e. The van der Waals surface area contributed by atoms with Gasteiger partial charge in [-0.25, -0.2) is 0 Å². The van der Waals surface area contributed by atoms with E-state index >= 15 is 0 Å². The van der Waals surface area contributed by atoms with Crippen LogP contribution in [0.15, 0.2) is 0 Å². The topological polar surface area (TPSA) is 0 Å². The highest BCUT2D eigenvalue weighted by Crippen LogP contribution is 2.23. The second-order valence-electron chi connectivity index (χ2n) is 5.21. The molecule has 0 aliphatic heterocycles. The Morgan fingerprint density at radius 3 is 1.27 bits per heavy atom. The molecule has 1 aliphatic carbocycles. The Labute approximate surface area is 97.5 Å². The van der Waals surface area contributed by atoms with E-state index in [1.165, 1.54) is 77.0 Å². The molecule has 0 N–H and O–H groups in total. The summed E-state index contributed by atoms with van der Waals surface area (Å²) >= 11 is 0. The maximum absolute atomic E-state index is 2.44. The molecule has 1 heteroatoms. The molecule has 1 saturated carbocycles. The Kier molecular flexibility index (Phi) is 8.14. The second-order valence-corrected chi connectivity index (χ2v) is 5.21. The zero-order chi connectivity index (χ0) is 10.8. The van der Waals surface area contributed by atoms with Gasteiger partial charge < -0.3 is 0 Å². The Morgan fingerprint density at radius 2 is 0.933 bits per heavy atom. The molecule has 0 unspecified atom stereocenters. The number of rotatable bonds is 1. The van der Waals surface area contributed by atoms with Crippen LogP contribution in [0, 0.1) is 0 Å². The fourth-order valence-electron chi connectivity index (χ4n) is 2.70. The first-order valence-electron chi connectivity index (χ1n) is 7.23. The van der Waals surface area contributed by atoms with Crippen molar-refractivity contribution in [2.45, 2.75) is 89.7 Å². The normalized spacial score (nSPS) is 23.5. The standard InChI is InChI=1S/C14H28B/c1-15-14-12-10-8-6-4-2-3-5-7-9-11-13-14/h14H,2-13H2,1H3. The van der Waals surface area contributed by atoms with Crippen molar-refractivity contribution >= 4 is 7.28 Å². The van der Waals surface area contributed by atoms with Gasteiger partial charge in [-0.3, -0.25) is 0 Å². The molecule has 0 atom stereocenters. The molecule has 0 saturated heterocycles. The van der Waals surface area contributed by atoms with Crippen LogP contribution in [0.1, 0.15) is 77.0 Å². The quantitative estimate of drug-likeness (QED) is 0.517. The van der Waals surface area contributed by atoms with Gasteiger partial charge in [0.25, 0.3) is 0 Å². The molecule has 15 heavy (non-hydrogen) atoms. The summed E-state index contributed by atoms with van der Waals surface area (Å²) < 4.78 is 0. The van der Waals surface area contributed by atoms with Crippen LogP contribution in [-0.4, -0.2) is 7.28 Å². The minimum absolute atomic E-state index is 0.922. The minimum atomic E-state index is 0.922. The molecule has 0 bridgehead atoms. The first-order chi connectivity index (χ1) is 7.43. The summed E-state index contributed by atoms with van der Waals surface area (Å²) in [5, 5.41) is 0. The van der Waals surface area contributed by atoms with E-state index < -0.39 is 0 Å². The highest BCUT2D eigenvalue weighted by atomic mass is 14.1. The molecule has 87 valence electrons. The lowest BCUT2D eigenvalue weighted by Crippen LogP contribution is -2.00. The Bertz CT molecular complexity index is 119. The monoisotopic (exact) mass is 207 g/mol. The second kappa shape index (κ2) is 9.30. The molecule has 0 nitrogen and oxygen atoms in total. The number of hydrogen-bond acceptors (Lipinski definition) is 0. The van der Waals surface area contributed by atoms with Crippen molar-refractivity contribution in [2.24, 2.45) is 0 Å². The molecule has 1 aliphatic rings. The van der Waals surface area contributed by atoms with Gasteiger partial charge in [-0.05, 0) is 0 Å². The van der Waals surface area contributed by atoms with Crippen LogP contribution in [0.5, 0.6) is 0 Å². The van der Waals surface area contributed by atoms with Crippen LogP contribution in [0.3, 0.4) is 0 Å². The summed E-state index contributed by atoms with van der Waals surface area (Å²) in [5.41, 5.74) is 0. The van der Waals surface area contributed by atoms with Gasteiger partial charge in [0, 0.05) is 0 Å². The van der Waals surface area contributed by atoms with Gasteiger partial charge in [0.1, 0.15) is 7.28 Å². The Hall–Kier alpha value is 0.0649. The summed E-state index contributed by atoms with van der Waals surface area (Å²) in [6, 6.07) is 0. The zero-order valence-electron chi connectivity index (χ0n) is 10.6. The van der Waals surface area contributed by atoms with E-state index in [0.29, 0.717) is 0 Å². The van der Waals surface area contributed by atoms with Crippen molar-refractivity contribution in [3.05, 3.63) is 0 Å². The van der Waals surface area contributed by atoms with E-state index in [4.69, 9.17) is 0 Å². The summed E-state index contributed by atoms with van der Waals surface area (Å²) in [6.45, 7) is 2.25. The smallest absolute Gasteiger partial charge is 0.0917 e. The molecule has 0 aromatic rings. The van der Waals surface area contributed by atoms with Gasteiger partial charge in [0.05, 0.1) is 0 Å². The van der Waals surface area contributed by atoms with E-state index in [1.54, 1.807) is 0 Å². The highest BCUT2D eigenvalue weighted by molar-refractivity contribution is 6.35. The van der Waals surface area contributed by atoms with E-state index in [-0.39, 0.29) is 0 Å². The molecule has 0 spiro atoms. The van der Waals surface area contributed by atoms with Gasteiger partial charge in [0.15, 0.2) is 0 Å². The van der Waals surface area contributed by atoms with Crippen molar-refractivity contribution in [1.82, 2.24) is 0 Å².